The normalized spacial score (nSPS) is 11.0. The summed E-state index contributed by atoms with van der Waals surface area (Å²) in [4.78, 5) is 16.3. The second-order valence-corrected chi connectivity index (χ2v) is 6.71. The SMILES string of the molecule is CN=C(NCCNC(=O)c1cccc(Br)c1)NCCc1ccc(OC)cc1. The average molecular weight is 433 g/mol. The van der Waals surface area contributed by atoms with Crippen molar-refractivity contribution in [2.75, 3.05) is 33.8 Å². The predicted octanol–water partition coefficient (Wildman–Crippen LogP) is 2.60. The lowest BCUT2D eigenvalue weighted by molar-refractivity contribution is 0.0954. The van der Waals surface area contributed by atoms with Crippen LogP contribution in [-0.4, -0.2) is 45.7 Å². The first-order valence-electron chi connectivity index (χ1n) is 8.73. The number of aliphatic imine (C=N–C) groups is 1. The second kappa shape index (κ2) is 11.2. The fourth-order valence-electron chi connectivity index (χ4n) is 2.43. The van der Waals surface area contributed by atoms with Crippen LogP contribution in [0.4, 0.5) is 0 Å². The summed E-state index contributed by atoms with van der Waals surface area (Å²) in [6, 6.07) is 15.3. The molecule has 0 unspecified atom stereocenters. The van der Waals surface area contributed by atoms with Crippen molar-refractivity contribution in [2.24, 2.45) is 4.99 Å². The molecule has 0 atom stereocenters. The van der Waals surface area contributed by atoms with Gasteiger partial charge in [-0.25, -0.2) is 0 Å². The number of nitrogens with zero attached hydrogens (tertiary/aromatic N) is 1. The highest BCUT2D eigenvalue weighted by atomic mass is 79.9. The third kappa shape index (κ3) is 7.30. The van der Waals surface area contributed by atoms with Crippen LogP contribution in [0.25, 0.3) is 0 Å². The number of nitrogens with one attached hydrogen (secondary N) is 3. The van der Waals surface area contributed by atoms with Crippen LogP contribution in [0.2, 0.25) is 0 Å². The van der Waals surface area contributed by atoms with Crippen LogP contribution < -0.4 is 20.7 Å². The molecule has 2 aromatic rings. The van der Waals surface area contributed by atoms with Crippen molar-refractivity contribution in [3.05, 3.63) is 64.1 Å². The van der Waals surface area contributed by atoms with Crippen molar-refractivity contribution in [1.82, 2.24) is 16.0 Å². The van der Waals surface area contributed by atoms with E-state index < -0.39 is 0 Å². The Bertz CT molecular complexity index is 763. The van der Waals surface area contributed by atoms with E-state index in [2.05, 4.69) is 36.9 Å². The maximum absolute atomic E-state index is 12.1. The second-order valence-electron chi connectivity index (χ2n) is 5.79. The van der Waals surface area contributed by atoms with E-state index in [0.29, 0.717) is 24.6 Å². The Morgan fingerprint density at radius 1 is 1.04 bits per heavy atom. The number of ether oxygens (including phenoxy) is 1. The zero-order valence-corrected chi connectivity index (χ0v) is 17.2. The summed E-state index contributed by atoms with van der Waals surface area (Å²) in [5.41, 5.74) is 1.85. The molecule has 0 bridgehead atoms. The molecule has 0 aliphatic heterocycles. The Labute approximate surface area is 168 Å². The summed E-state index contributed by atoms with van der Waals surface area (Å²) < 4.78 is 6.04. The van der Waals surface area contributed by atoms with Crippen molar-refractivity contribution in [3.63, 3.8) is 0 Å². The molecule has 0 aliphatic rings. The highest BCUT2D eigenvalue weighted by Gasteiger charge is 2.05. The van der Waals surface area contributed by atoms with Gasteiger partial charge in [0.2, 0.25) is 0 Å². The molecule has 0 spiro atoms. The molecule has 2 rings (SSSR count). The number of halogens is 1. The summed E-state index contributed by atoms with van der Waals surface area (Å²) in [5, 5.41) is 9.33. The van der Waals surface area contributed by atoms with Gasteiger partial charge in [-0.1, -0.05) is 34.1 Å². The van der Waals surface area contributed by atoms with Gasteiger partial charge in [-0.05, 0) is 42.3 Å². The number of guanidine groups is 1. The summed E-state index contributed by atoms with van der Waals surface area (Å²) in [7, 11) is 3.39. The lowest BCUT2D eigenvalue weighted by Crippen LogP contribution is -2.42. The monoisotopic (exact) mass is 432 g/mol. The Morgan fingerprint density at radius 2 is 1.74 bits per heavy atom. The van der Waals surface area contributed by atoms with Crippen LogP contribution in [0.3, 0.4) is 0 Å². The van der Waals surface area contributed by atoms with E-state index in [1.807, 2.05) is 36.4 Å². The molecule has 0 radical (unpaired) electrons. The van der Waals surface area contributed by atoms with Crippen LogP contribution in [0.5, 0.6) is 5.75 Å². The fraction of sp³-hybridized carbons (Fsp3) is 0.300. The Kier molecular flexibility index (Phi) is 8.64. The van der Waals surface area contributed by atoms with Crippen LogP contribution >= 0.6 is 15.9 Å². The number of hydrogen-bond acceptors (Lipinski definition) is 3. The molecule has 144 valence electrons. The van der Waals surface area contributed by atoms with Crippen molar-refractivity contribution in [1.29, 1.82) is 0 Å². The molecule has 2 aromatic carbocycles. The van der Waals surface area contributed by atoms with Crippen molar-refractivity contribution >= 4 is 27.8 Å². The van der Waals surface area contributed by atoms with Gasteiger partial charge < -0.3 is 20.7 Å². The minimum Gasteiger partial charge on any atom is -0.497 e. The van der Waals surface area contributed by atoms with Gasteiger partial charge in [0.15, 0.2) is 5.96 Å². The van der Waals surface area contributed by atoms with E-state index in [1.165, 1.54) is 5.56 Å². The number of carbonyl (C=O) groups is 1. The molecule has 7 heteroatoms. The van der Waals surface area contributed by atoms with Crippen LogP contribution in [0.1, 0.15) is 15.9 Å². The van der Waals surface area contributed by atoms with Gasteiger partial charge in [-0.15, -0.1) is 0 Å². The standard InChI is InChI=1S/C20H25BrN4O2/c1-22-20(24-11-10-15-6-8-18(27-2)9-7-15)25-13-12-23-19(26)16-4-3-5-17(21)14-16/h3-9,14H,10-13H2,1-2H3,(H,23,26)(H2,22,24,25). The lowest BCUT2D eigenvalue weighted by atomic mass is 10.1. The third-order valence-corrected chi connectivity index (χ3v) is 4.37. The van der Waals surface area contributed by atoms with E-state index in [0.717, 1.165) is 23.2 Å². The molecular weight excluding hydrogens is 408 g/mol. The minimum absolute atomic E-state index is 0.0967. The first-order valence-corrected chi connectivity index (χ1v) is 9.53. The molecule has 1 amide bonds. The van der Waals surface area contributed by atoms with E-state index in [-0.39, 0.29) is 5.91 Å². The number of amides is 1. The maximum Gasteiger partial charge on any atom is 0.251 e. The van der Waals surface area contributed by atoms with E-state index >= 15 is 0 Å². The molecule has 0 aromatic heterocycles. The zero-order chi connectivity index (χ0) is 19.5. The van der Waals surface area contributed by atoms with E-state index in [4.69, 9.17) is 4.74 Å². The lowest BCUT2D eigenvalue weighted by Gasteiger charge is -2.12. The topological polar surface area (TPSA) is 74.8 Å². The fourth-order valence-corrected chi connectivity index (χ4v) is 2.83. The number of hydrogen-bond donors (Lipinski definition) is 3. The van der Waals surface area contributed by atoms with Gasteiger partial charge in [-0.3, -0.25) is 9.79 Å². The summed E-state index contributed by atoms with van der Waals surface area (Å²) >= 11 is 3.37. The van der Waals surface area contributed by atoms with Crippen molar-refractivity contribution in [2.45, 2.75) is 6.42 Å². The van der Waals surface area contributed by atoms with Gasteiger partial charge >= 0.3 is 0 Å². The van der Waals surface area contributed by atoms with Crippen molar-refractivity contribution in [3.8, 4) is 5.75 Å². The summed E-state index contributed by atoms with van der Waals surface area (Å²) in [6.45, 7) is 1.85. The molecule has 0 saturated carbocycles. The predicted molar refractivity (Wildman–Crippen MR) is 113 cm³/mol. The summed E-state index contributed by atoms with van der Waals surface area (Å²) in [5.74, 6) is 1.47. The number of carbonyl (C=O) groups excluding carboxylic acids is 1. The molecular formula is C20H25BrN4O2. The number of rotatable bonds is 8. The van der Waals surface area contributed by atoms with Gasteiger partial charge in [0.1, 0.15) is 5.75 Å². The van der Waals surface area contributed by atoms with E-state index in [1.54, 1.807) is 26.3 Å². The van der Waals surface area contributed by atoms with Crippen molar-refractivity contribution < 1.29 is 9.53 Å². The molecule has 0 fully saturated rings. The van der Waals surface area contributed by atoms with Gasteiger partial charge in [0.25, 0.3) is 5.91 Å². The Hall–Kier alpha value is -2.54. The molecule has 3 N–H and O–H groups in total. The largest absolute Gasteiger partial charge is 0.497 e. The highest BCUT2D eigenvalue weighted by Crippen LogP contribution is 2.12. The first kappa shape index (κ1) is 20.8. The molecule has 0 saturated heterocycles. The Balaban J connectivity index is 1.65. The highest BCUT2D eigenvalue weighted by molar-refractivity contribution is 9.10. The molecule has 6 nitrogen and oxygen atoms in total. The zero-order valence-electron chi connectivity index (χ0n) is 15.6. The molecule has 27 heavy (non-hydrogen) atoms. The Morgan fingerprint density at radius 3 is 2.41 bits per heavy atom. The van der Waals surface area contributed by atoms with Gasteiger partial charge in [-0.2, -0.15) is 0 Å². The van der Waals surface area contributed by atoms with Crippen LogP contribution in [0, 0.1) is 0 Å². The average Bonchev–Trinajstić information content (AvgIpc) is 2.70. The molecule has 0 heterocycles. The third-order valence-electron chi connectivity index (χ3n) is 3.88. The van der Waals surface area contributed by atoms with Gasteiger partial charge in [0.05, 0.1) is 7.11 Å². The van der Waals surface area contributed by atoms with Gasteiger partial charge in [0, 0.05) is 36.7 Å². The maximum atomic E-state index is 12.1. The number of benzene rings is 2. The first-order chi connectivity index (χ1) is 13.1. The molecule has 0 aliphatic carbocycles. The van der Waals surface area contributed by atoms with Crippen LogP contribution in [0.15, 0.2) is 58.0 Å². The van der Waals surface area contributed by atoms with E-state index in [9.17, 15) is 4.79 Å². The number of methoxy groups -OCH3 is 1. The summed E-state index contributed by atoms with van der Waals surface area (Å²) in [6.07, 6.45) is 0.879. The van der Waals surface area contributed by atoms with Crippen LogP contribution in [-0.2, 0) is 6.42 Å². The smallest absolute Gasteiger partial charge is 0.251 e. The minimum atomic E-state index is -0.0967. The quantitative estimate of drug-likeness (QED) is 0.340.